The van der Waals surface area contributed by atoms with Gasteiger partial charge < -0.3 is 4.90 Å². The van der Waals surface area contributed by atoms with Gasteiger partial charge in [-0.1, -0.05) is 49.4 Å². The number of likely N-dealkylation sites (N-methyl/N-ethyl adjacent to an activating group) is 1. The highest BCUT2D eigenvalue weighted by Crippen LogP contribution is 2.46. The van der Waals surface area contributed by atoms with Crippen molar-refractivity contribution in [2.45, 2.75) is 54.7 Å². The zero-order valence-electron chi connectivity index (χ0n) is 19.5. The number of fused-ring (bicyclic) bond motifs is 3. The quantitative estimate of drug-likeness (QED) is 0.246. The van der Waals surface area contributed by atoms with E-state index >= 15 is 0 Å². The van der Waals surface area contributed by atoms with Gasteiger partial charge in [0.05, 0.1) is 4.92 Å². The Balaban J connectivity index is 1.30. The molecule has 1 aliphatic heterocycles. The van der Waals surface area contributed by atoms with E-state index in [2.05, 4.69) is 49.4 Å². The third-order valence-electron chi connectivity index (χ3n) is 7.60. The summed E-state index contributed by atoms with van der Waals surface area (Å²) in [4.78, 5) is 25.8. The Morgan fingerprint density at radius 1 is 1.03 bits per heavy atom. The number of rotatable bonds is 5. The summed E-state index contributed by atoms with van der Waals surface area (Å²) in [5.74, 6) is 1.04. The lowest BCUT2D eigenvalue weighted by Gasteiger charge is -2.50. The number of carbonyl (C=O) groups is 1. The topological polar surface area (TPSA) is 63.5 Å². The summed E-state index contributed by atoms with van der Waals surface area (Å²) in [6.07, 6.45) is 3.58. The second kappa shape index (κ2) is 8.91. The minimum Gasteiger partial charge on any atom is -0.342 e. The fourth-order valence-electron chi connectivity index (χ4n) is 5.59. The van der Waals surface area contributed by atoms with Crippen LogP contribution in [0.2, 0.25) is 0 Å². The molecular formula is C28H28N2O3S. The molecule has 1 aliphatic carbocycles. The molecule has 0 N–H and O–H groups in total. The molecular weight excluding hydrogens is 444 g/mol. The van der Waals surface area contributed by atoms with Crippen molar-refractivity contribution >= 4 is 23.4 Å². The molecule has 3 aromatic carbocycles. The Kier molecular flexibility index (Phi) is 5.94. The molecule has 1 heterocycles. The van der Waals surface area contributed by atoms with Crippen molar-refractivity contribution in [3.05, 3.63) is 93.5 Å². The molecule has 0 saturated carbocycles. The van der Waals surface area contributed by atoms with E-state index in [4.69, 9.17) is 0 Å². The molecule has 1 fully saturated rings. The van der Waals surface area contributed by atoms with Gasteiger partial charge in [0.1, 0.15) is 0 Å². The van der Waals surface area contributed by atoms with Gasteiger partial charge in [-0.2, -0.15) is 0 Å². The normalized spacial score (nSPS) is 21.6. The maximum atomic E-state index is 12.2. The largest absolute Gasteiger partial charge is 0.342 e. The van der Waals surface area contributed by atoms with Gasteiger partial charge in [-0.25, -0.2) is 0 Å². The van der Waals surface area contributed by atoms with Gasteiger partial charge >= 0.3 is 0 Å². The summed E-state index contributed by atoms with van der Waals surface area (Å²) < 4.78 is 0. The first-order chi connectivity index (χ1) is 16.3. The number of carbonyl (C=O) groups excluding carboxylic acids is 1. The minimum atomic E-state index is -0.371. The summed E-state index contributed by atoms with van der Waals surface area (Å²) in [6, 6.07) is 22.5. The van der Waals surface area contributed by atoms with Crippen LogP contribution in [0.4, 0.5) is 5.69 Å². The van der Waals surface area contributed by atoms with Crippen LogP contribution in [0.5, 0.6) is 0 Å². The van der Waals surface area contributed by atoms with Crippen molar-refractivity contribution < 1.29 is 9.72 Å². The zero-order valence-corrected chi connectivity index (χ0v) is 20.3. The van der Waals surface area contributed by atoms with E-state index in [0.29, 0.717) is 12.5 Å². The first-order valence-corrected chi connectivity index (χ1v) is 12.7. The van der Waals surface area contributed by atoms with Crippen molar-refractivity contribution in [3.63, 3.8) is 0 Å². The van der Waals surface area contributed by atoms with Crippen LogP contribution in [0.3, 0.4) is 0 Å². The first-order valence-electron chi connectivity index (χ1n) is 11.7. The average molecular weight is 473 g/mol. The Labute approximate surface area is 204 Å². The van der Waals surface area contributed by atoms with Gasteiger partial charge in [0.2, 0.25) is 5.91 Å². The number of piperidine rings is 1. The summed E-state index contributed by atoms with van der Waals surface area (Å²) in [5, 5.41) is 10.8. The van der Waals surface area contributed by atoms with Crippen LogP contribution in [0, 0.1) is 10.1 Å². The molecule has 3 aromatic rings. The van der Waals surface area contributed by atoms with E-state index in [-0.39, 0.29) is 21.9 Å². The van der Waals surface area contributed by atoms with Crippen molar-refractivity contribution in [1.82, 2.24) is 4.90 Å². The van der Waals surface area contributed by atoms with Gasteiger partial charge in [-0.05, 0) is 59.2 Å². The number of aryl methyl sites for hydroxylation is 1. The Morgan fingerprint density at radius 3 is 2.44 bits per heavy atom. The predicted molar refractivity (Wildman–Crippen MR) is 136 cm³/mol. The lowest BCUT2D eigenvalue weighted by molar-refractivity contribution is -0.384. The number of non-ortho nitro benzene ring substituents is 1. The molecule has 1 amide bonds. The highest BCUT2D eigenvalue weighted by molar-refractivity contribution is 7.98. The van der Waals surface area contributed by atoms with Crippen LogP contribution in [-0.4, -0.2) is 28.8 Å². The summed E-state index contributed by atoms with van der Waals surface area (Å²) >= 11 is 1.72. The van der Waals surface area contributed by atoms with Gasteiger partial charge in [0.15, 0.2) is 0 Å². The Bertz CT molecular complexity index is 1240. The molecule has 0 unspecified atom stereocenters. The van der Waals surface area contributed by atoms with E-state index in [9.17, 15) is 14.9 Å². The SMILES string of the molecule is CN1C(=O)CC[C@]2(C)c3ccc(-c4ccc(SCc5ccc([N+](=O)[O-])cc5)cc4)cc3CC[C@@H]12. The summed E-state index contributed by atoms with van der Waals surface area (Å²) in [6.45, 7) is 2.33. The number of nitrogens with zero attached hydrogens (tertiary/aromatic N) is 2. The molecule has 0 aromatic heterocycles. The number of hydrogen-bond donors (Lipinski definition) is 0. The maximum Gasteiger partial charge on any atom is 0.269 e. The molecule has 0 spiro atoms. The van der Waals surface area contributed by atoms with Gasteiger partial charge in [0, 0.05) is 47.7 Å². The number of nitro benzene ring substituents is 1. The lowest BCUT2D eigenvalue weighted by atomic mass is 9.63. The molecule has 5 nitrogen and oxygen atoms in total. The summed E-state index contributed by atoms with van der Waals surface area (Å²) in [7, 11) is 1.96. The van der Waals surface area contributed by atoms with Crippen LogP contribution in [-0.2, 0) is 22.4 Å². The third kappa shape index (κ3) is 4.11. The minimum absolute atomic E-state index is 0.0349. The number of amides is 1. The van der Waals surface area contributed by atoms with Crippen molar-refractivity contribution in [1.29, 1.82) is 0 Å². The second-order valence-corrected chi connectivity index (χ2v) is 10.6. The first kappa shape index (κ1) is 22.7. The van der Waals surface area contributed by atoms with Crippen LogP contribution in [0.25, 0.3) is 11.1 Å². The maximum absolute atomic E-state index is 12.2. The number of nitro groups is 1. The van der Waals surface area contributed by atoms with Crippen molar-refractivity contribution in [2.24, 2.45) is 0 Å². The van der Waals surface area contributed by atoms with Crippen LogP contribution >= 0.6 is 11.8 Å². The Morgan fingerprint density at radius 2 is 1.74 bits per heavy atom. The zero-order chi connectivity index (χ0) is 23.9. The van der Waals surface area contributed by atoms with Crippen molar-refractivity contribution in [2.75, 3.05) is 7.05 Å². The number of thioether (sulfide) groups is 1. The van der Waals surface area contributed by atoms with Crippen LogP contribution < -0.4 is 0 Å². The van der Waals surface area contributed by atoms with Crippen molar-refractivity contribution in [3.8, 4) is 11.1 Å². The fraction of sp³-hybridized carbons (Fsp3) is 0.321. The molecule has 2 aliphatic rings. The third-order valence-corrected chi connectivity index (χ3v) is 8.69. The molecule has 6 heteroatoms. The molecule has 34 heavy (non-hydrogen) atoms. The van der Waals surface area contributed by atoms with E-state index in [0.717, 1.165) is 30.6 Å². The molecule has 0 radical (unpaired) electrons. The molecule has 5 rings (SSSR count). The summed E-state index contributed by atoms with van der Waals surface area (Å²) in [5.41, 5.74) is 6.47. The van der Waals surface area contributed by atoms with Crippen LogP contribution in [0.15, 0.2) is 71.6 Å². The van der Waals surface area contributed by atoms with Crippen LogP contribution in [0.1, 0.15) is 42.9 Å². The molecule has 1 saturated heterocycles. The molecule has 2 atom stereocenters. The number of benzene rings is 3. The van der Waals surface area contributed by atoms with Gasteiger partial charge in [-0.15, -0.1) is 11.8 Å². The monoisotopic (exact) mass is 472 g/mol. The van der Waals surface area contributed by atoms with E-state index in [1.165, 1.54) is 27.1 Å². The van der Waals surface area contributed by atoms with Gasteiger partial charge in [0.25, 0.3) is 5.69 Å². The second-order valence-electron chi connectivity index (χ2n) is 9.59. The van der Waals surface area contributed by atoms with E-state index in [1.54, 1.807) is 23.9 Å². The highest BCUT2D eigenvalue weighted by Gasteiger charge is 2.46. The average Bonchev–Trinajstić information content (AvgIpc) is 2.85. The molecule has 0 bridgehead atoms. The standard InChI is InChI=1S/C28H28N2O3S/c1-28-16-15-27(31)29(2)26(28)14-8-22-17-21(7-13-25(22)28)20-5-11-24(12-6-20)34-18-19-3-9-23(10-4-19)30(32)33/h3-7,9-13,17,26H,8,14-16,18H2,1-2H3/t26-,28-/m1/s1. The predicted octanol–water partition coefficient (Wildman–Crippen LogP) is 6.38. The Hall–Kier alpha value is -3.12. The fourth-order valence-corrected chi connectivity index (χ4v) is 6.45. The molecule has 174 valence electrons. The van der Waals surface area contributed by atoms with Gasteiger partial charge in [-0.3, -0.25) is 14.9 Å². The van der Waals surface area contributed by atoms with E-state index < -0.39 is 0 Å². The number of hydrogen-bond acceptors (Lipinski definition) is 4. The number of likely N-dealkylation sites (tertiary alicyclic amines) is 1. The lowest BCUT2D eigenvalue weighted by Crippen LogP contribution is -2.56. The van der Waals surface area contributed by atoms with E-state index in [1.807, 2.05) is 24.1 Å². The smallest absolute Gasteiger partial charge is 0.269 e. The highest BCUT2D eigenvalue weighted by atomic mass is 32.2.